The molecule has 0 aromatic carbocycles. The second-order valence-electron chi connectivity index (χ2n) is 3.98. The summed E-state index contributed by atoms with van der Waals surface area (Å²) in [7, 11) is 0. The van der Waals surface area contributed by atoms with Gasteiger partial charge < -0.3 is 5.11 Å². The number of unbranched alkanes of at least 4 members (excludes halogenated alkanes) is 4. The highest BCUT2D eigenvalue weighted by molar-refractivity contribution is 4.90. The Morgan fingerprint density at radius 2 is 1.29 bits per heavy atom. The summed E-state index contributed by atoms with van der Waals surface area (Å²) in [5.41, 5.74) is 0. The van der Waals surface area contributed by atoms with Crippen molar-refractivity contribution in [3.8, 4) is 0 Å². The fourth-order valence-corrected chi connectivity index (χ4v) is 1.33. The lowest BCUT2D eigenvalue weighted by Gasteiger charge is -2.29. The molecule has 0 aliphatic heterocycles. The summed E-state index contributed by atoms with van der Waals surface area (Å²) in [6, 6.07) is 0. The van der Waals surface area contributed by atoms with Crippen LogP contribution in [0.25, 0.3) is 0 Å². The van der Waals surface area contributed by atoms with Gasteiger partial charge in [-0.15, -0.1) is 0 Å². The van der Waals surface area contributed by atoms with E-state index in [1.807, 2.05) is 6.92 Å². The van der Waals surface area contributed by atoms with Gasteiger partial charge in [0, 0.05) is 6.42 Å². The van der Waals surface area contributed by atoms with Gasteiger partial charge in [-0.3, -0.25) is 0 Å². The van der Waals surface area contributed by atoms with Gasteiger partial charge in [0.1, 0.15) is 0 Å². The molecule has 1 N–H and O–H groups in total. The number of aliphatic hydroxyl groups is 1. The van der Waals surface area contributed by atoms with Crippen LogP contribution in [0.2, 0.25) is 0 Å². The Bertz CT molecular complexity index is 223. The van der Waals surface area contributed by atoms with Gasteiger partial charge in [-0.25, -0.2) is 0 Å². The van der Waals surface area contributed by atoms with Gasteiger partial charge in [-0.1, -0.05) is 32.6 Å². The third-order valence-corrected chi connectivity index (χ3v) is 2.43. The monoisotopic (exact) mass is 266 g/mol. The Kier molecular flexibility index (Phi) is 5.77. The molecule has 0 radical (unpaired) electrons. The zero-order chi connectivity index (χ0) is 13.7. The van der Waals surface area contributed by atoms with Crippen molar-refractivity contribution < 1.29 is 31.4 Å². The zero-order valence-electron chi connectivity index (χ0n) is 9.46. The van der Waals surface area contributed by atoms with E-state index in [4.69, 9.17) is 5.11 Å². The molecule has 0 saturated carbocycles. The summed E-state index contributed by atoms with van der Waals surface area (Å²) in [4.78, 5) is 0. The predicted molar refractivity (Wildman–Crippen MR) is 50.4 cm³/mol. The first-order valence-corrected chi connectivity index (χ1v) is 5.42. The van der Waals surface area contributed by atoms with Crippen molar-refractivity contribution in [1.29, 1.82) is 0 Å². The van der Waals surface area contributed by atoms with Crippen molar-refractivity contribution in [2.24, 2.45) is 0 Å². The van der Waals surface area contributed by atoms with Crippen LogP contribution in [0, 0.1) is 0 Å². The Balaban J connectivity index is 4.28. The smallest absolute Gasteiger partial charge is 0.331 e. The first-order valence-electron chi connectivity index (χ1n) is 5.42. The molecule has 0 bridgehead atoms. The summed E-state index contributed by atoms with van der Waals surface area (Å²) < 4.78 is 74.6. The van der Waals surface area contributed by atoms with E-state index in [0.29, 0.717) is 6.42 Å². The molecule has 7 heteroatoms. The Labute approximate surface area is 95.8 Å². The van der Waals surface area contributed by atoms with Crippen molar-refractivity contribution in [2.75, 3.05) is 0 Å². The highest BCUT2D eigenvalue weighted by atomic mass is 19.3. The molecule has 1 nitrogen and oxygen atoms in total. The number of hydrogen-bond acceptors (Lipinski definition) is 1. The SMILES string of the molecule is CCCCCCCC(F)(F)C(F)(F)C(O)(F)F. The van der Waals surface area contributed by atoms with E-state index in [9.17, 15) is 26.3 Å². The van der Waals surface area contributed by atoms with Crippen LogP contribution in [0.3, 0.4) is 0 Å². The van der Waals surface area contributed by atoms with Gasteiger partial charge in [0.2, 0.25) is 0 Å². The molecule has 0 aliphatic rings. The molecule has 0 atom stereocenters. The van der Waals surface area contributed by atoms with Crippen LogP contribution in [0.15, 0.2) is 0 Å². The number of rotatable bonds is 8. The number of hydrogen-bond donors (Lipinski definition) is 1. The molecular formula is C10H16F6O. The summed E-state index contributed by atoms with van der Waals surface area (Å²) in [5, 5.41) is 7.76. The predicted octanol–water partition coefficient (Wildman–Crippen LogP) is 4.20. The molecular weight excluding hydrogens is 250 g/mol. The van der Waals surface area contributed by atoms with Gasteiger partial charge in [0.15, 0.2) is 0 Å². The molecule has 0 amide bonds. The molecule has 0 unspecified atom stereocenters. The number of halogens is 6. The van der Waals surface area contributed by atoms with E-state index in [2.05, 4.69) is 0 Å². The van der Waals surface area contributed by atoms with Crippen LogP contribution in [-0.2, 0) is 0 Å². The van der Waals surface area contributed by atoms with E-state index < -0.39 is 24.4 Å². The third kappa shape index (κ3) is 4.37. The lowest BCUT2D eigenvalue weighted by Crippen LogP contribution is -2.53. The first-order chi connectivity index (χ1) is 7.56. The van der Waals surface area contributed by atoms with Crippen LogP contribution in [0.5, 0.6) is 0 Å². The zero-order valence-corrected chi connectivity index (χ0v) is 9.46. The van der Waals surface area contributed by atoms with Crippen molar-refractivity contribution in [2.45, 2.75) is 63.4 Å². The lowest BCUT2D eigenvalue weighted by atomic mass is 10.0. The first kappa shape index (κ1) is 16.5. The van der Waals surface area contributed by atoms with Crippen molar-refractivity contribution >= 4 is 0 Å². The lowest BCUT2D eigenvalue weighted by molar-refractivity contribution is -0.384. The van der Waals surface area contributed by atoms with Gasteiger partial charge in [-0.05, 0) is 6.42 Å². The standard InChI is InChI=1S/C10H16F6O/c1-2-3-4-5-6-7-8(11,12)9(13,14)10(15,16)17/h17H,2-7H2,1H3. The van der Waals surface area contributed by atoms with Gasteiger partial charge in [0.05, 0.1) is 0 Å². The van der Waals surface area contributed by atoms with E-state index in [1.54, 1.807) is 0 Å². The van der Waals surface area contributed by atoms with Crippen LogP contribution in [0.4, 0.5) is 26.3 Å². The summed E-state index contributed by atoms with van der Waals surface area (Å²) in [5.74, 6) is -10.6. The third-order valence-electron chi connectivity index (χ3n) is 2.43. The highest BCUT2D eigenvalue weighted by Gasteiger charge is 2.70. The Morgan fingerprint density at radius 3 is 1.71 bits per heavy atom. The van der Waals surface area contributed by atoms with Gasteiger partial charge >= 0.3 is 18.0 Å². The minimum absolute atomic E-state index is 0.274. The molecule has 0 heterocycles. The molecule has 104 valence electrons. The minimum atomic E-state index is -5.73. The summed E-state index contributed by atoms with van der Waals surface area (Å²) >= 11 is 0. The second-order valence-corrected chi connectivity index (χ2v) is 3.98. The minimum Gasteiger partial charge on any atom is -0.331 e. The quantitative estimate of drug-likeness (QED) is 0.515. The molecule has 0 spiro atoms. The molecule has 17 heavy (non-hydrogen) atoms. The Morgan fingerprint density at radius 1 is 0.824 bits per heavy atom. The van der Waals surface area contributed by atoms with Crippen molar-refractivity contribution in [1.82, 2.24) is 0 Å². The molecule has 0 rings (SSSR count). The Hall–Kier alpha value is -0.460. The van der Waals surface area contributed by atoms with E-state index >= 15 is 0 Å². The topological polar surface area (TPSA) is 20.2 Å². The molecule has 0 aliphatic carbocycles. The van der Waals surface area contributed by atoms with Gasteiger partial charge in [0.25, 0.3) is 0 Å². The van der Waals surface area contributed by atoms with Crippen molar-refractivity contribution in [3.63, 3.8) is 0 Å². The average molecular weight is 266 g/mol. The van der Waals surface area contributed by atoms with E-state index in [1.165, 1.54) is 0 Å². The fourth-order valence-electron chi connectivity index (χ4n) is 1.33. The van der Waals surface area contributed by atoms with E-state index in [-0.39, 0.29) is 12.8 Å². The highest BCUT2D eigenvalue weighted by Crippen LogP contribution is 2.46. The molecule has 0 aromatic rings. The average Bonchev–Trinajstić information content (AvgIpc) is 2.15. The van der Waals surface area contributed by atoms with Crippen LogP contribution in [-0.4, -0.2) is 23.1 Å². The second kappa shape index (κ2) is 5.93. The van der Waals surface area contributed by atoms with Crippen molar-refractivity contribution in [3.05, 3.63) is 0 Å². The van der Waals surface area contributed by atoms with Crippen LogP contribution in [0.1, 0.15) is 45.4 Å². The maximum atomic E-state index is 12.8. The normalized spacial score (nSPS) is 14.1. The van der Waals surface area contributed by atoms with Crippen LogP contribution < -0.4 is 0 Å². The summed E-state index contributed by atoms with van der Waals surface area (Å²) in [6.07, 6.45) is -4.86. The number of alkyl halides is 6. The summed E-state index contributed by atoms with van der Waals surface area (Å²) in [6.45, 7) is 1.88. The molecule has 0 saturated heterocycles. The molecule has 0 aromatic heterocycles. The maximum absolute atomic E-state index is 12.8. The van der Waals surface area contributed by atoms with Crippen LogP contribution >= 0.6 is 0 Å². The van der Waals surface area contributed by atoms with E-state index in [0.717, 1.165) is 12.8 Å². The van der Waals surface area contributed by atoms with Gasteiger partial charge in [-0.2, -0.15) is 26.3 Å². The molecule has 0 fully saturated rings. The largest absolute Gasteiger partial charge is 0.423 e. The maximum Gasteiger partial charge on any atom is 0.423 e. The fraction of sp³-hybridized carbons (Fsp3) is 1.00.